The van der Waals surface area contributed by atoms with E-state index in [0.717, 1.165) is 31.2 Å². The van der Waals surface area contributed by atoms with E-state index in [-0.39, 0.29) is 31.7 Å². The summed E-state index contributed by atoms with van der Waals surface area (Å²) in [5.41, 5.74) is -13.3. The lowest BCUT2D eigenvalue weighted by molar-refractivity contribution is -0.138. The first-order chi connectivity index (χ1) is 31.8. The number of carbonyl (C=O) groups excluding carboxylic acids is 1. The molecular weight excluding hydrogens is 640 g/mol. The fourth-order valence-electron chi connectivity index (χ4n) is 4.13. The lowest BCUT2D eigenvalue weighted by Crippen LogP contribution is -2.40. The summed E-state index contributed by atoms with van der Waals surface area (Å²) in [7, 11) is 0. The zero-order valence-electron chi connectivity index (χ0n) is 48.2. The largest absolute Gasteiger partial charge is 0.416 e. The minimum absolute atomic E-state index is 0.101. The normalized spacial score (nSPS) is 24.5. The molecule has 0 unspecified atom stereocenters. The second-order valence-electron chi connectivity index (χ2n) is 9.68. The summed E-state index contributed by atoms with van der Waals surface area (Å²) in [6.07, 6.45) is -16.3. The van der Waals surface area contributed by atoms with Gasteiger partial charge in [-0.2, -0.15) is 18.2 Å². The Morgan fingerprint density at radius 2 is 1.71 bits per heavy atom. The number of alkyl halides is 3. The summed E-state index contributed by atoms with van der Waals surface area (Å²) in [6.45, 7) is -16.2. The van der Waals surface area contributed by atoms with Gasteiger partial charge in [-0.05, 0) is 85.0 Å². The molecule has 0 aliphatic heterocycles. The third-order valence-electron chi connectivity index (χ3n) is 6.49. The lowest BCUT2D eigenvalue weighted by Gasteiger charge is -2.28. The standard InChI is InChI=1S/C37H40F4N4O2S/c1-4-43(5-2)19-20-44(22-26-9-13-28(14-10-26)29-15-18-32(25(3)21-29)37(39,40)41)34(46)23-45-33-8-6-7-31(33)35(47)42-36(45)48-24-27-11-16-30(38)17-12-27/h9-18,21H,4-8,19-20,22-24H2,1-3H3/i4D2,5D2,6D2,7D2,8D2,9D,10D,13D,14D,15D,18D,19D2,20D2,21D,24D2. The fraction of sp³-hybridized carbons (Fsp3) is 0.378. The van der Waals surface area contributed by atoms with Crippen LogP contribution in [-0.4, -0.2) is 51.2 Å². The number of fused-ring (bicyclic) bond motifs is 1. The molecule has 6 nitrogen and oxygen atoms in total. The molecule has 1 amide bonds. The topological polar surface area (TPSA) is 58.4 Å². The molecule has 48 heavy (non-hydrogen) atoms. The Bertz CT molecular complexity index is 2810. The highest BCUT2D eigenvalue weighted by Crippen LogP contribution is 2.34. The molecule has 0 bridgehead atoms. The molecule has 0 spiro atoms. The van der Waals surface area contributed by atoms with Crippen molar-refractivity contribution in [3.63, 3.8) is 0 Å². The highest BCUT2D eigenvalue weighted by molar-refractivity contribution is 7.98. The molecule has 0 saturated heterocycles. The average molecular weight is 704 g/mol. The van der Waals surface area contributed by atoms with Crippen LogP contribution in [0.15, 0.2) is 76.5 Å². The van der Waals surface area contributed by atoms with Gasteiger partial charge in [-0.15, -0.1) is 0 Å². The van der Waals surface area contributed by atoms with Gasteiger partial charge in [0.15, 0.2) is 5.16 Å². The summed E-state index contributed by atoms with van der Waals surface area (Å²) < 4.78 is 255. The molecule has 1 aliphatic rings. The van der Waals surface area contributed by atoms with Crippen LogP contribution in [-0.2, 0) is 42.5 Å². The summed E-state index contributed by atoms with van der Waals surface area (Å²) in [6, 6.07) is -5.62. The smallest absolute Gasteiger partial charge is 0.336 e. The van der Waals surface area contributed by atoms with E-state index in [2.05, 4.69) is 4.98 Å². The molecule has 3 aromatic carbocycles. The fourth-order valence-corrected chi connectivity index (χ4v) is 4.87. The first-order valence-corrected chi connectivity index (χ1v) is 14.6. The Morgan fingerprint density at radius 3 is 2.38 bits per heavy atom. The van der Waals surface area contributed by atoms with Crippen LogP contribution < -0.4 is 5.56 Å². The number of benzene rings is 3. The van der Waals surface area contributed by atoms with Gasteiger partial charge in [0.2, 0.25) is 5.91 Å². The van der Waals surface area contributed by atoms with Crippen molar-refractivity contribution in [1.82, 2.24) is 19.4 Å². The molecule has 1 heterocycles. The monoisotopic (exact) mass is 703 g/mol. The van der Waals surface area contributed by atoms with E-state index in [1.807, 2.05) is 0 Å². The minimum Gasteiger partial charge on any atom is -0.336 e. The number of nitrogens with zero attached hydrogens (tertiary/aromatic N) is 4. The lowest BCUT2D eigenvalue weighted by atomic mass is 9.98. The molecule has 4 aromatic rings. The highest BCUT2D eigenvalue weighted by Gasteiger charge is 2.32. The zero-order chi connectivity index (χ0) is 54.9. The van der Waals surface area contributed by atoms with Gasteiger partial charge in [-0.25, -0.2) is 4.39 Å². The van der Waals surface area contributed by atoms with Crippen molar-refractivity contribution < 1.29 is 53.9 Å². The van der Waals surface area contributed by atoms with E-state index in [1.54, 1.807) is 0 Å². The summed E-state index contributed by atoms with van der Waals surface area (Å²) in [5.74, 6) is -2.76. The van der Waals surface area contributed by atoms with Crippen LogP contribution in [0.2, 0.25) is 0 Å². The van der Waals surface area contributed by atoms with E-state index in [1.165, 1.54) is 0 Å². The second-order valence-corrected chi connectivity index (χ2v) is 10.5. The van der Waals surface area contributed by atoms with E-state index in [4.69, 9.17) is 28.8 Å². The number of amides is 1. The molecule has 0 saturated carbocycles. The predicted octanol–water partition coefficient (Wildman–Crippen LogP) is 7.53. The Morgan fingerprint density at radius 1 is 1.02 bits per heavy atom. The van der Waals surface area contributed by atoms with E-state index >= 15 is 4.79 Å². The van der Waals surface area contributed by atoms with Crippen LogP contribution in [0.3, 0.4) is 0 Å². The number of aromatic nitrogens is 2. The summed E-state index contributed by atoms with van der Waals surface area (Å²) in [5, 5.41) is -1.06. The number of thioether (sulfide) groups is 1. The van der Waals surface area contributed by atoms with Gasteiger partial charge in [-0.3, -0.25) is 9.59 Å². The van der Waals surface area contributed by atoms with Crippen LogP contribution in [0.4, 0.5) is 17.6 Å². The van der Waals surface area contributed by atoms with Gasteiger partial charge >= 0.3 is 6.18 Å². The number of hydrogen-bond acceptors (Lipinski definition) is 5. The quantitative estimate of drug-likeness (QED) is 0.0819. The molecule has 254 valence electrons. The Hall–Kier alpha value is -3.96. The Labute approximate surface area is 315 Å². The summed E-state index contributed by atoms with van der Waals surface area (Å²) >= 11 is -0.101. The van der Waals surface area contributed by atoms with E-state index in [0.29, 0.717) is 13.8 Å². The average Bonchev–Trinajstić information content (AvgIpc) is 3.30. The molecule has 0 atom stereocenters. The molecule has 0 fully saturated rings. The van der Waals surface area contributed by atoms with Gasteiger partial charge in [0.1, 0.15) is 12.4 Å². The molecule has 11 heteroatoms. The first-order valence-electron chi connectivity index (χ1n) is 25.2. The minimum atomic E-state index is -5.27. The maximum Gasteiger partial charge on any atom is 0.416 e. The van der Waals surface area contributed by atoms with Crippen molar-refractivity contribution in [1.29, 1.82) is 0 Å². The van der Waals surface area contributed by atoms with Gasteiger partial charge in [-0.1, -0.05) is 74.0 Å². The van der Waals surface area contributed by atoms with Crippen molar-refractivity contribution in [2.75, 3.05) is 26.0 Å². The van der Waals surface area contributed by atoms with Gasteiger partial charge in [0, 0.05) is 55.7 Å². The second kappa shape index (κ2) is 15.5. The van der Waals surface area contributed by atoms with Crippen molar-refractivity contribution in [2.24, 2.45) is 0 Å². The molecule has 1 aromatic heterocycles. The van der Waals surface area contributed by atoms with Crippen molar-refractivity contribution in [3.05, 3.63) is 116 Å². The van der Waals surface area contributed by atoms with Crippen LogP contribution in [0.5, 0.6) is 0 Å². The number of rotatable bonds is 13. The molecule has 5 rings (SSSR count). The molecule has 0 radical (unpaired) electrons. The molecule has 0 N–H and O–H groups in total. The Balaban J connectivity index is 1.86. The summed E-state index contributed by atoms with van der Waals surface area (Å²) in [4.78, 5) is 31.8. The van der Waals surface area contributed by atoms with Crippen molar-refractivity contribution in [2.45, 2.75) is 70.0 Å². The van der Waals surface area contributed by atoms with Crippen LogP contribution in [0.1, 0.15) is 85.3 Å². The third-order valence-corrected chi connectivity index (χ3v) is 7.32. The molecule has 1 aliphatic carbocycles. The first kappa shape index (κ1) is 16.2. The van der Waals surface area contributed by atoms with Crippen LogP contribution in [0, 0.1) is 12.7 Å². The van der Waals surface area contributed by atoms with Gasteiger partial charge in [0.05, 0.1) is 17.9 Å². The molecular formula is C37H40F4N4O2S. The number of halogens is 4. The number of hydrogen-bond donors (Lipinski definition) is 0. The maximum absolute atomic E-state index is 15.1. The van der Waals surface area contributed by atoms with E-state index in [9.17, 15) is 25.1 Å². The SMILES string of the molecule is [2H]c1c([2H])c(-c2c([2H])c([2H])c(C(F)(F)F)c(C)c2[2H])c([2H])c([2H])c1CN(C(=O)Cn1c(SC([2H])([2H])c2ccc(F)cc2)nc(=O)c2c1C([2H])([2H])C([2H])([2H])C2([2H])[2H])C([2H])([2H])C([2H])([2H])N(C([2H])([2H])C)C([2H])([2H])C. The van der Waals surface area contributed by atoms with Crippen LogP contribution in [0.25, 0.3) is 11.1 Å². The number of likely N-dealkylation sites (N-methyl/N-ethyl adjacent to an activating group) is 1. The third kappa shape index (κ3) is 8.54. The van der Waals surface area contributed by atoms with Crippen molar-refractivity contribution in [3.8, 4) is 11.1 Å². The maximum atomic E-state index is 15.1. The van der Waals surface area contributed by atoms with E-state index < -0.39 is 174 Å². The number of carbonyl (C=O) groups is 1. The van der Waals surface area contributed by atoms with Crippen molar-refractivity contribution >= 4 is 17.7 Å². The van der Waals surface area contributed by atoms with Crippen LogP contribution >= 0.6 is 11.8 Å². The zero-order valence-corrected chi connectivity index (χ0v) is 26.1. The van der Waals surface area contributed by atoms with Gasteiger partial charge < -0.3 is 14.4 Å². The Kier molecular flexibility index (Phi) is 5.22. The van der Waals surface area contributed by atoms with Gasteiger partial charge in [0.25, 0.3) is 5.56 Å². The predicted molar refractivity (Wildman–Crippen MR) is 181 cm³/mol. The highest BCUT2D eigenvalue weighted by atomic mass is 32.2.